The van der Waals surface area contributed by atoms with Crippen LogP contribution in [0.1, 0.15) is 44.6 Å². The molecular weight excluding hydrogens is 312 g/mol. The van der Waals surface area contributed by atoms with E-state index >= 15 is 0 Å². The van der Waals surface area contributed by atoms with Gasteiger partial charge in [0, 0.05) is 18.8 Å². The zero-order valence-electron chi connectivity index (χ0n) is 13.7. The Hall–Kier alpha value is -1.11. The number of β-amino-alcohol motifs (C(OH)–C–C–N with tert-alkyl or cyclic N) is 1. The number of hydrogen-bond donors (Lipinski definition) is 2. The van der Waals surface area contributed by atoms with Gasteiger partial charge in [-0.1, -0.05) is 13.0 Å². The van der Waals surface area contributed by atoms with Crippen molar-refractivity contribution in [2.45, 2.75) is 55.9 Å². The molecule has 0 amide bonds. The van der Waals surface area contributed by atoms with Gasteiger partial charge in [0.05, 0.1) is 10.5 Å². The number of fused-ring (bicyclic) bond motifs is 1. The van der Waals surface area contributed by atoms with E-state index in [0.29, 0.717) is 12.5 Å². The van der Waals surface area contributed by atoms with E-state index in [4.69, 9.17) is 5.14 Å². The fourth-order valence-corrected chi connectivity index (χ4v) is 4.32. The van der Waals surface area contributed by atoms with Crippen LogP contribution in [0.3, 0.4) is 0 Å². The number of hydrogen-bond acceptors (Lipinski definition) is 4. The van der Waals surface area contributed by atoms with Gasteiger partial charge in [-0.25, -0.2) is 13.6 Å². The van der Waals surface area contributed by atoms with E-state index in [1.54, 1.807) is 12.1 Å². The molecule has 0 radical (unpaired) electrons. The first-order valence-electron chi connectivity index (χ1n) is 8.40. The van der Waals surface area contributed by atoms with E-state index in [-0.39, 0.29) is 4.90 Å². The summed E-state index contributed by atoms with van der Waals surface area (Å²) in [5.41, 5.74) is 1.38. The molecule has 1 aromatic carbocycles. The average Bonchev–Trinajstić information content (AvgIpc) is 2.50. The van der Waals surface area contributed by atoms with Crippen molar-refractivity contribution in [3.63, 3.8) is 0 Å². The lowest BCUT2D eigenvalue weighted by Gasteiger charge is -2.41. The second-order valence-electron chi connectivity index (χ2n) is 7.27. The molecule has 0 bridgehead atoms. The first-order chi connectivity index (χ1) is 10.8. The minimum absolute atomic E-state index is 0.146. The Balaban J connectivity index is 1.86. The van der Waals surface area contributed by atoms with Crippen LogP contribution in [0.15, 0.2) is 23.1 Å². The third-order valence-corrected chi connectivity index (χ3v) is 6.20. The van der Waals surface area contributed by atoms with E-state index in [1.807, 2.05) is 6.07 Å². The van der Waals surface area contributed by atoms with Gasteiger partial charge in [0.1, 0.15) is 0 Å². The first-order valence-corrected chi connectivity index (χ1v) is 9.95. The maximum absolute atomic E-state index is 11.6. The zero-order valence-corrected chi connectivity index (χ0v) is 14.5. The van der Waals surface area contributed by atoms with Gasteiger partial charge >= 0.3 is 0 Å². The Morgan fingerprint density at radius 1 is 1.35 bits per heavy atom. The van der Waals surface area contributed by atoms with Crippen molar-refractivity contribution in [1.82, 2.24) is 0 Å². The second-order valence-corrected chi connectivity index (χ2v) is 8.83. The third kappa shape index (κ3) is 3.70. The highest BCUT2D eigenvalue weighted by Crippen LogP contribution is 2.36. The maximum atomic E-state index is 11.6. The SMILES string of the molecule is CC1CCC(O)(CN2CCCc3ccc(S(N)(=O)=O)cc32)CC1. The lowest BCUT2D eigenvalue weighted by molar-refractivity contribution is -0.000572. The lowest BCUT2D eigenvalue weighted by atomic mass is 9.79. The zero-order chi connectivity index (χ0) is 16.7. The molecule has 3 rings (SSSR count). The number of rotatable bonds is 3. The summed E-state index contributed by atoms with van der Waals surface area (Å²) in [7, 11) is -3.70. The van der Waals surface area contributed by atoms with Gasteiger partial charge in [-0.05, 0) is 62.1 Å². The summed E-state index contributed by atoms with van der Waals surface area (Å²) in [6.07, 6.45) is 5.69. The van der Waals surface area contributed by atoms with Crippen molar-refractivity contribution in [3.05, 3.63) is 23.8 Å². The normalized spacial score (nSPS) is 28.5. The molecule has 2 aliphatic rings. The number of sulfonamides is 1. The van der Waals surface area contributed by atoms with Crippen molar-refractivity contribution in [2.24, 2.45) is 11.1 Å². The van der Waals surface area contributed by atoms with Gasteiger partial charge in [0.15, 0.2) is 0 Å². The minimum atomic E-state index is -3.70. The van der Waals surface area contributed by atoms with Crippen LogP contribution < -0.4 is 10.0 Å². The molecule has 1 aliphatic carbocycles. The molecule has 0 spiro atoms. The van der Waals surface area contributed by atoms with Crippen LogP contribution in [0, 0.1) is 5.92 Å². The summed E-state index contributed by atoms with van der Waals surface area (Å²) >= 11 is 0. The van der Waals surface area contributed by atoms with Crippen LogP contribution in [0.5, 0.6) is 0 Å². The number of aryl methyl sites for hydroxylation is 1. The summed E-state index contributed by atoms with van der Waals surface area (Å²) in [6, 6.07) is 5.10. The Bertz CT molecular complexity index is 679. The molecule has 5 nitrogen and oxygen atoms in total. The standard InChI is InChI=1S/C17H26N2O3S/c1-13-6-8-17(20,9-7-13)12-19-10-2-3-14-4-5-15(11-16(14)19)23(18,21)22/h4-5,11,13,20H,2-3,6-10,12H2,1H3,(H2,18,21,22). The monoisotopic (exact) mass is 338 g/mol. The first kappa shape index (κ1) is 16.7. The van der Waals surface area contributed by atoms with Crippen molar-refractivity contribution >= 4 is 15.7 Å². The van der Waals surface area contributed by atoms with Crippen LogP contribution in [-0.2, 0) is 16.4 Å². The van der Waals surface area contributed by atoms with E-state index < -0.39 is 15.6 Å². The number of nitrogens with two attached hydrogens (primary N) is 1. The Kier molecular flexibility index (Phi) is 4.42. The molecule has 0 atom stereocenters. The summed E-state index contributed by atoms with van der Waals surface area (Å²) in [6.45, 7) is 3.65. The summed E-state index contributed by atoms with van der Waals surface area (Å²) < 4.78 is 23.2. The number of primary sulfonamides is 1. The van der Waals surface area contributed by atoms with Crippen molar-refractivity contribution in [3.8, 4) is 0 Å². The number of aliphatic hydroxyl groups is 1. The molecule has 1 aromatic rings. The molecule has 1 saturated carbocycles. The number of benzene rings is 1. The van der Waals surface area contributed by atoms with E-state index in [9.17, 15) is 13.5 Å². The summed E-state index contributed by atoms with van der Waals surface area (Å²) in [5, 5.41) is 16.2. The fraction of sp³-hybridized carbons (Fsp3) is 0.647. The van der Waals surface area contributed by atoms with Crippen LogP contribution in [0.25, 0.3) is 0 Å². The van der Waals surface area contributed by atoms with E-state index in [2.05, 4.69) is 11.8 Å². The molecule has 0 saturated heterocycles. The molecule has 0 unspecified atom stereocenters. The van der Waals surface area contributed by atoms with Gasteiger partial charge in [-0.15, -0.1) is 0 Å². The predicted molar refractivity (Wildman–Crippen MR) is 90.9 cm³/mol. The van der Waals surface area contributed by atoms with Crippen LogP contribution in [-0.4, -0.2) is 32.2 Å². The van der Waals surface area contributed by atoms with Crippen molar-refractivity contribution in [1.29, 1.82) is 0 Å². The summed E-state index contributed by atoms with van der Waals surface area (Å²) in [5.74, 6) is 0.679. The molecule has 3 N–H and O–H groups in total. The van der Waals surface area contributed by atoms with Gasteiger partial charge in [0.25, 0.3) is 0 Å². The third-order valence-electron chi connectivity index (χ3n) is 5.29. The molecule has 0 aromatic heterocycles. The topological polar surface area (TPSA) is 83.6 Å². The molecule has 6 heteroatoms. The van der Waals surface area contributed by atoms with Gasteiger partial charge in [-0.3, -0.25) is 0 Å². The molecular formula is C17H26N2O3S. The minimum Gasteiger partial charge on any atom is -0.388 e. The molecule has 1 fully saturated rings. The Morgan fingerprint density at radius 3 is 2.70 bits per heavy atom. The highest BCUT2D eigenvalue weighted by Gasteiger charge is 2.35. The van der Waals surface area contributed by atoms with Gasteiger partial charge in [0.2, 0.25) is 10.0 Å². The second kappa shape index (κ2) is 6.07. The van der Waals surface area contributed by atoms with Crippen LogP contribution in [0.4, 0.5) is 5.69 Å². The smallest absolute Gasteiger partial charge is 0.238 e. The fourth-order valence-electron chi connectivity index (χ4n) is 3.78. The summed E-state index contributed by atoms with van der Waals surface area (Å²) in [4.78, 5) is 2.29. The lowest BCUT2D eigenvalue weighted by Crippen LogP contribution is -2.47. The Labute approximate surface area is 138 Å². The number of anilines is 1. The van der Waals surface area contributed by atoms with E-state index in [0.717, 1.165) is 56.3 Å². The van der Waals surface area contributed by atoms with Gasteiger partial charge < -0.3 is 10.0 Å². The van der Waals surface area contributed by atoms with E-state index in [1.165, 1.54) is 0 Å². The predicted octanol–water partition coefficient (Wildman–Crippen LogP) is 2.03. The largest absolute Gasteiger partial charge is 0.388 e. The Morgan fingerprint density at radius 2 is 2.04 bits per heavy atom. The maximum Gasteiger partial charge on any atom is 0.238 e. The quantitative estimate of drug-likeness (QED) is 0.883. The number of nitrogens with zero attached hydrogens (tertiary/aromatic N) is 1. The highest BCUT2D eigenvalue weighted by atomic mass is 32.2. The average molecular weight is 338 g/mol. The molecule has 23 heavy (non-hydrogen) atoms. The van der Waals surface area contributed by atoms with Crippen LogP contribution >= 0.6 is 0 Å². The van der Waals surface area contributed by atoms with Gasteiger partial charge in [-0.2, -0.15) is 0 Å². The van der Waals surface area contributed by atoms with Crippen molar-refractivity contribution in [2.75, 3.05) is 18.0 Å². The molecule has 128 valence electrons. The molecule has 1 aliphatic heterocycles. The van der Waals surface area contributed by atoms with Crippen LogP contribution in [0.2, 0.25) is 0 Å². The van der Waals surface area contributed by atoms with Crippen molar-refractivity contribution < 1.29 is 13.5 Å². The highest BCUT2D eigenvalue weighted by molar-refractivity contribution is 7.89. The molecule has 1 heterocycles.